The lowest BCUT2D eigenvalue weighted by molar-refractivity contribution is 0.500. The molecule has 1 saturated heterocycles. The van der Waals surface area contributed by atoms with Gasteiger partial charge in [-0.25, -0.2) is 8.42 Å². The van der Waals surface area contributed by atoms with Crippen molar-refractivity contribution in [3.8, 4) is 0 Å². The van der Waals surface area contributed by atoms with Gasteiger partial charge in [-0.2, -0.15) is 0 Å². The lowest BCUT2D eigenvalue weighted by Crippen LogP contribution is -2.47. The molecule has 1 N–H and O–H groups in total. The van der Waals surface area contributed by atoms with Gasteiger partial charge in [0.05, 0.1) is 10.1 Å². The first-order chi connectivity index (χ1) is 6.05. The fourth-order valence-corrected chi connectivity index (χ4v) is 6.00. The third-order valence-electron chi connectivity index (χ3n) is 2.94. The Morgan fingerprint density at radius 3 is 2.85 bits per heavy atom. The number of rotatable bonds is 1. The minimum atomic E-state index is -2.88. The molecule has 2 rings (SSSR count). The number of thioether (sulfide) groups is 1. The van der Waals surface area contributed by atoms with Crippen molar-refractivity contribution >= 4 is 21.6 Å². The summed E-state index contributed by atoms with van der Waals surface area (Å²) in [4.78, 5) is -0.131. The van der Waals surface area contributed by atoms with Gasteiger partial charge in [0.1, 0.15) is 0 Å². The summed E-state index contributed by atoms with van der Waals surface area (Å²) in [6.45, 7) is 0.955. The summed E-state index contributed by atoms with van der Waals surface area (Å²) < 4.78 is 23.1. The van der Waals surface area contributed by atoms with Crippen LogP contribution in [-0.4, -0.2) is 37.1 Å². The van der Waals surface area contributed by atoms with Crippen molar-refractivity contribution in [2.24, 2.45) is 0 Å². The summed E-state index contributed by atoms with van der Waals surface area (Å²) >= 11 is 1.80. The molecular weight excluding hydrogens is 206 g/mol. The van der Waals surface area contributed by atoms with E-state index in [0.717, 1.165) is 31.6 Å². The molecule has 0 aromatic rings. The maximum atomic E-state index is 11.5. The van der Waals surface area contributed by atoms with E-state index in [4.69, 9.17) is 0 Å². The molecular formula is C8H15NO2S2. The van der Waals surface area contributed by atoms with Crippen LogP contribution in [0.15, 0.2) is 0 Å². The zero-order valence-electron chi connectivity index (χ0n) is 7.75. The molecule has 2 unspecified atom stereocenters. The van der Waals surface area contributed by atoms with Crippen LogP contribution >= 0.6 is 11.8 Å². The largest absolute Gasteiger partial charge is 0.301 e. The number of hydrogen-bond acceptors (Lipinski definition) is 4. The van der Waals surface area contributed by atoms with Crippen molar-refractivity contribution in [3.63, 3.8) is 0 Å². The van der Waals surface area contributed by atoms with E-state index >= 15 is 0 Å². The fraction of sp³-hybridized carbons (Fsp3) is 1.00. The van der Waals surface area contributed by atoms with Crippen LogP contribution in [0, 0.1) is 0 Å². The van der Waals surface area contributed by atoms with Crippen molar-refractivity contribution in [2.45, 2.75) is 29.4 Å². The smallest absolute Gasteiger partial charge is 0.152 e. The average Bonchev–Trinajstić information content (AvgIpc) is 2.60. The Kier molecular flexibility index (Phi) is 2.37. The van der Waals surface area contributed by atoms with Gasteiger partial charge in [0, 0.05) is 18.6 Å². The molecule has 0 bridgehead atoms. The zero-order valence-corrected chi connectivity index (χ0v) is 9.38. The van der Waals surface area contributed by atoms with E-state index in [2.05, 4.69) is 5.32 Å². The summed E-state index contributed by atoms with van der Waals surface area (Å²) in [7, 11) is -2.88. The van der Waals surface area contributed by atoms with Crippen molar-refractivity contribution in [3.05, 3.63) is 0 Å². The summed E-state index contributed by atoms with van der Waals surface area (Å²) in [6, 6.07) is 0. The van der Waals surface area contributed by atoms with Crippen molar-refractivity contribution in [1.29, 1.82) is 0 Å². The van der Waals surface area contributed by atoms with Gasteiger partial charge in [-0.1, -0.05) is 0 Å². The Morgan fingerprint density at radius 1 is 1.54 bits per heavy atom. The molecule has 2 atom stereocenters. The van der Waals surface area contributed by atoms with E-state index in [-0.39, 0.29) is 10.1 Å². The molecule has 2 aliphatic rings. The van der Waals surface area contributed by atoms with Gasteiger partial charge in [-0.15, -0.1) is 11.8 Å². The summed E-state index contributed by atoms with van der Waals surface area (Å²) in [6.07, 6.45) is 4.25. The van der Waals surface area contributed by atoms with Gasteiger partial charge in [0.15, 0.2) is 9.84 Å². The second kappa shape index (κ2) is 3.14. The van der Waals surface area contributed by atoms with E-state index in [9.17, 15) is 8.42 Å². The van der Waals surface area contributed by atoms with Crippen LogP contribution in [0.25, 0.3) is 0 Å². The third kappa shape index (κ3) is 1.62. The molecule has 1 saturated carbocycles. The highest BCUT2D eigenvalue weighted by Crippen LogP contribution is 2.45. The SMILES string of the molecule is CS(=O)(=O)C1CCCC12NCCS2. The monoisotopic (exact) mass is 221 g/mol. The standard InChI is InChI=1S/C8H15NO2S2/c1-13(10,11)7-3-2-4-8(7)9-5-6-12-8/h7,9H,2-6H2,1H3. The van der Waals surface area contributed by atoms with E-state index < -0.39 is 9.84 Å². The Morgan fingerprint density at radius 2 is 2.31 bits per heavy atom. The highest BCUT2D eigenvalue weighted by molar-refractivity contribution is 8.02. The zero-order chi connectivity index (χ0) is 9.53. The van der Waals surface area contributed by atoms with E-state index in [1.165, 1.54) is 6.26 Å². The van der Waals surface area contributed by atoms with E-state index in [1.54, 1.807) is 11.8 Å². The molecule has 0 radical (unpaired) electrons. The second-order valence-corrected chi connectivity index (χ2v) is 7.53. The first-order valence-corrected chi connectivity index (χ1v) is 7.56. The van der Waals surface area contributed by atoms with Crippen molar-refractivity contribution in [1.82, 2.24) is 5.32 Å². The molecule has 1 aliphatic carbocycles. The molecule has 1 heterocycles. The molecule has 1 aliphatic heterocycles. The van der Waals surface area contributed by atoms with E-state index in [0.29, 0.717) is 0 Å². The quantitative estimate of drug-likeness (QED) is 0.705. The molecule has 2 fully saturated rings. The molecule has 5 heteroatoms. The molecule has 0 aromatic carbocycles. The Balaban J connectivity index is 2.28. The maximum absolute atomic E-state index is 11.5. The predicted octanol–water partition coefficient (Wildman–Crippen LogP) is 0.616. The molecule has 3 nitrogen and oxygen atoms in total. The third-order valence-corrected chi connectivity index (χ3v) is 6.31. The van der Waals surface area contributed by atoms with Gasteiger partial charge < -0.3 is 5.32 Å². The highest BCUT2D eigenvalue weighted by atomic mass is 32.2. The van der Waals surface area contributed by atoms with Crippen LogP contribution in [-0.2, 0) is 9.84 Å². The Bertz CT molecular complexity index is 288. The summed E-state index contributed by atoms with van der Waals surface area (Å²) in [5.74, 6) is 1.05. The van der Waals surface area contributed by atoms with Crippen molar-refractivity contribution < 1.29 is 8.42 Å². The van der Waals surface area contributed by atoms with Crippen LogP contribution < -0.4 is 5.32 Å². The normalized spacial score (nSPS) is 40.2. The van der Waals surface area contributed by atoms with E-state index in [1.807, 2.05) is 0 Å². The maximum Gasteiger partial charge on any atom is 0.152 e. The lowest BCUT2D eigenvalue weighted by atomic mass is 10.2. The lowest BCUT2D eigenvalue weighted by Gasteiger charge is -2.29. The summed E-state index contributed by atoms with van der Waals surface area (Å²) in [5.41, 5.74) is 0. The van der Waals surface area contributed by atoms with Gasteiger partial charge in [-0.05, 0) is 19.3 Å². The summed E-state index contributed by atoms with van der Waals surface area (Å²) in [5, 5.41) is 3.21. The van der Waals surface area contributed by atoms with Gasteiger partial charge in [-0.3, -0.25) is 0 Å². The van der Waals surface area contributed by atoms with Gasteiger partial charge >= 0.3 is 0 Å². The molecule has 1 spiro atoms. The molecule has 0 amide bonds. The Labute approximate surface area is 83.6 Å². The molecule has 13 heavy (non-hydrogen) atoms. The van der Waals surface area contributed by atoms with Crippen LogP contribution in [0.2, 0.25) is 0 Å². The first-order valence-electron chi connectivity index (χ1n) is 4.62. The Hall–Kier alpha value is 0.260. The predicted molar refractivity (Wildman–Crippen MR) is 55.7 cm³/mol. The minimum Gasteiger partial charge on any atom is -0.301 e. The number of sulfone groups is 1. The van der Waals surface area contributed by atoms with Crippen LogP contribution in [0.5, 0.6) is 0 Å². The van der Waals surface area contributed by atoms with Gasteiger partial charge in [0.25, 0.3) is 0 Å². The topological polar surface area (TPSA) is 46.2 Å². The van der Waals surface area contributed by atoms with Crippen LogP contribution in [0.1, 0.15) is 19.3 Å². The minimum absolute atomic E-state index is 0.131. The molecule has 76 valence electrons. The van der Waals surface area contributed by atoms with Gasteiger partial charge in [0.2, 0.25) is 0 Å². The van der Waals surface area contributed by atoms with Crippen molar-refractivity contribution in [2.75, 3.05) is 18.6 Å². The second-order valence-electron chi connectivity index (χ2n) is 3.88. The highest BCUT2D eigenvalue weighted by Gasteiger charge is 2.50. The van der Waals surface area contributed by atoms with Crippen LogP contribution in [0.4, 0.5) is 0 Å². The average molecular weight is 221 g/mol. The number of hydrogen-bond donors (Lipinski definition) is 1. The first kappa shape index (κ1) is 9.80. The van der Waals surface area contributed by atoms with Crippen LogP contribution in [0.3, 0.4) is 0 Å². The fourth-order valence-electron chi connectivity index (χ4n) is 2.42. The number of nitrogens with one attached hydrogen (secondary N) is 1. The molecule has 0 aromatic heterocycles.